The van der Waals surface area contributed by atoms with Gasteiger partial charge in [-0.25, -0.2) is 14.6 Å². The van der Waals surface area contributed by atoms with Crippen molar-refractivity contribution in [1.82, 2.24) is 29.6 Å². The fourth-order valence-corrected chi connectivity index (χ4v) is 3.43. The number of rotatable bonds is 4. The summed E-state index contributed by atoms with van der Waals surface area (Å²) in [6.45, 7) is 9.06. The van der Waals surface area contributed by atoms with Crippen LogP contribution in [-0.2, 0) is 6.54 Å². The van der Waals surface area contributed by atoms with Crippen LogP contribution in [0.1, 0.15) is 11.4 Å². The van der Waals surface area contributed by atoms with Gasteiger partial charge in [0.15, 0.2) is 5.82 Å². The number of hydrogen-bond acceptors (Lipinski definition) is 6. The van der Waals surface area contributed by atoms with E-state index in [0.717, 1.165) is 61.0 Å². The molecule has 1 aliphatic rings. The van der Waals surface area contributed by atoms with Gasteiger partial charge < -0.3 is 9.88 Å². The van der Waals surface area contributed by atoms with E-state index >= 15 is 0 Å². The Bertz CT molecular complexity index is 969. The highest BCUT2D eigenvalue weighted by molar-refractivity contribution is 5.86. The van der Waals surface area contributed by atoms with Crippen molar-refractivity contribution < 1.29 is 0 Å². The van der Waals surface area contributed by atoms with Crippen molar-refractivity contribution in [2.75, 3.05) is 37.6 Å². The van der Waals surface area contributed by atoms with Gasteiger partial charge in [-0.2, -0.15) is 5.10 Å². The third kappa shape index (κ3) is 3.32. The topological polar surface area (TPSA) is 82.9 Å². The highest BCUT2D eigenvalue weighted by Gasteiger charge is 2.20. The molecular formula is C18H23N7O. The van der Waals surface area contributed by atoms with E-state index in [0.29, 0.717) is 6.54 Å². The molecule has 8 heteroatoms. The number of hydrogen-bond donors (Lipinski definition) is 1. The fraction of sp³-hybridized carbons (Fsp3) is 0.444. The fourth-order valence-electron chi connectivity index (χ4n) is 3.43. The minimum atomic E-state index is -0.0419. The first-order valence-corrected chi connectivity index (χ1v) is 8.92. The van der Waals surface area contributed by atoms with E-state index in [-0.39, 0.29) is 5.56 Å². The Labute approximate surface area is 151 Å². The van der Waals surface area contributed by atoms with E-state index in [1.165, 1.54) is 0 Å². The Morgan fingerprint density at radius 1 is 1.08 bits per heavy atom. The van der Waals surface area contributed by atoms with Gasteiger partial charge in [0, 0.05) is 44.5 Å². The maximum absolute atomic E-state index is 11.9. The summed E-state index contributed by atoms with van der Waals surface area (Å²) in [7, 11) is 0. The van der Waals surface area contributed by atoms with Crippen LogP contribution in [0, 0.1) is 13.8 Å². The molecule has 1 aliphatic heterocycles. The lowest BCUT2D eigenvalue weighted by Crippen LogP contribution is -2.48. The Balaban J connectivity index is 1.39. The van der Waals surface area contributed by atoms with E-state index < -0.39 is 0 Å². The van der Waals surface area contributed by atoms with Gasteiger partial charge in [-0.3, -0.25) is 9.69 Å². The molecule has 3 aromatic heterocycles. The maximum Gasteiger partial charge on any atom is 0.266 e. The van der Waals surface area contributed by atoms with Crippen molar-refractivity contribution in [1.29, 1.82) is 0 Å². The molecule has 4 heterocycles. The highest BCUT2D eigenvalue weighted by Crippen LogP contribution is 2.23. The van der Waals surface area contributed by atoms with Crippen molar-refractivity contribution in [3.05, 3.63) is 46.3 Å². The van der Waals surface area contributed by atoms with E-state index in [1.54, 1.807) is 23.1 Å². The standard InChI is InChI=1S/C18H23N7O/c1-13-3-4-16(26)25(22-13)10-7-23-5-8-24(9-6-23)18-17-15(19-12-20-18)11-14(2)21-17/h3-4,11-12,21H,5-10H2,1-2H3. The Hall–Kier alpha value is -2.74. The number of anilines is 1. The van der Waals surface area contributed by atoms with Crippen LogP contribution in [-0.4, -0.2) is 62.4 Å². The molecule has 0 bridgehead atoms. The molecule has 0 unspecified atom stereocenters. The largest absolute Gasteiger partial charge is 0.354 e. The normalized spacial score (nSPS) is 15.7. The quantitative estimate of drug-likeness (QED) is 0.752. The molecule has 26 heavy (non-hydrogen) atoms. The minimum Gasteiger partial charge on any atom is -0.354 e. The van der Waals surface area contributed by atoms with E-state index in [1.807, 2.05) is 19.9 Å². The summed E-state index contributed by atoms with van der Waals surface area (Å²) in [4.78, 5) is 28.7. The van der Waals surface area contributed by atoms with Crippen molar-refractivity contribution in [2.24, 2.45) is 0 Å². The van der Waals surface area contributed by atoms with Gasteiger partial charge in [-0.15, -0.1) is 0 Å². The summed E-state index contributed by atoms with van der Waals surface area (Å²) in [5, 5.41) is 4.30. The number of nitrogens with zero attached hydrogens (tertiary/aromatic N) is 6. The number of piperazine rings is 1. The van der Waals surface area contributed by atoms with Crippen LogP contribution >= 0.6 is 0 Å². The number of H-pyrrole nitrogens is 1. The zero-order valence-corrected chi connectivity index (χ0v) is 15.1. The highest BCUT2D eigenvalue weighted by atomic mass is 16.1. The third-order valence-corrected chi connectivity index (χ3v) is 4.83. The zero-order valence-electron chi connectivity index (χ0n) is 15.1. The molecule has 1 fully saturated rings. The van der Waals surface area contributed by atoms with E-state index in [2.05, 4.69) is 29.9 Å². The predicted molar refractivity (Wildman–Crippen MR) is 101 cm³/mol. The first-order chi connectivity index (χ1) is 12.6. The lowest BCUT2D eigenvalue weighted by atomic mass is 10.3. The molecule has 0 aliphatic carbocycles. The van der Waals surface area contributed by atoms with Crippen LogP contribution in [0.2, 0.25) is 0 Å². The molecule has 3 aromatic rings. The monoisotopic (exact) mass is 353 g/mol. The predicted octanol–water partition coefficient (Wildman–Crippen LogP) is 0.954. The van der Waals surface area contributed by atoms with Gasteiger partial charge in [0.1, 0.15) is 11.8 Å². The lowest BCUT2D eigenvalue weighted by Gasteiger charge is -2.35. The second-order valence-corrected chi connectivity index (χ2v) is 6.77. The van der Waals surface area contributed by atoms with Crippen LogP contribution < -0.4 is 10.5 Å². The summed E-state index contributed by atoms with van der Waals surface area (Å²) in [5.41, 5.74) is 3.88. The Kier molecular flexibility index (Phi) is 4.42. The molecule has 1 saturated heterocycles. The second kappa shape index (κ2) is 6.87. The molecule has 0 spiro atoms. The summed E-state index contributed by atoms with van der Waals surface area (Å²) in [6, 6.07) is 5.38. The first kappa shape index (κ1) is 16.7. The smallest absolute Gasteiger partial charge is 0.266 e. The minimum absolute atomic E-state index is 0.0419. The third-order valence-electron chi connectivity index (χ3n) is 4.83. The number of fused-ring (bicyclic) bond motifs is 1. The average molecular weight is 353 g/mol. The maximum atomic E-state index is 11.9. The molecule has 1 N–H and O–H groups in total. The number of nitrogens with one attached hydrogen (secondary N) is 1. The van der Waals surface area contributed by atoms with Gasteiger partial charge in [-0.1, -0.05) is 0 Å². The van der Waals surface area contributed by atoms with Crippen molar-refractivity contribution in [2.45, 2.75) is 20.4 Å². The van der Waals surface area contributed by atoms with Gasteiger partial charge in [0.2, 0.25) is 0 Å². The zero-order chi connectivity index (χ0) is 18.1. The first-order valence-electron chi connectivity index (χ1n) is 8.92. The van der Waals surface area contributed by atoms with Crippen LogP contribution in [0.5, 0.6) is 0 Å². The van der Waals surface area contributed by atoms with Crippen molar-refractivity contribution in [3.8, 4) is 0 Å². The number of aromatic nitrogens is 5. The van der Waals surface area contributed by atoms with Crippen LogP contribution in [0.3, 0.4) is 0 Å². The van der Waals surface area contributed by atoms with Crippen LogP contribution in [0.15, 0.2) is 29.3 Å². The van der Waals surface area contributed by atoms with E-state index in [9.17, 15) is 4.79 Å². The number of aryl methyl sites for hydroxylation is 2. The van der Waals surface area contributed by atoms with Gasteiger partial charge in [-0.05, 0) is 26.0 Å². The van der Waals surface area contributed by atoms with Crippen molar-refractivity contribution in [3.63, 3.8) is 0 Å². The number of aromatic amines is 1. The second-order valence-electron chi connectivity index (χ2n) is 6.77. The van der Waals surface area contributed by atoms with E-state index in [4.69, 9.17) is 0 Å². The van der Waals surface area contributed by atoms with Gasteiger partial charge in [0.05, 0.1) is 17.8 Å². The molecule has 0 radical (unpaired) electrons. The molecular weight excluding hydrogens is 330 g/mol. The summed E-state index contributed by atoms with van der Waals surface area (Å²) < 4.78 is 1.55. The molecule has 0 atom stereocenters. The lowest BCUT2D eigenvalue weighted by molar-refractivity contribution is 0.242. The SMILES string of the molecule is Cc1ccc(=O)n(CCN2CCN(c3ncnc4cc(C)[nH]c34)CC2)n1. The average Bonchev–Trinajstić information content (AvgIpc) is 3.03. The summed E-state index contributed by atoms with van der Waals surface area (Å²) >= 11 is 0. The molecule has 0 amide bonds. The van der Waals surface area contributed by atoms with Gasteiger partial charge >= 0.3 is 0 Å². The molecule has 8 nitrogen and oxygen atoms in total. The van der Waals surface area contributed by atoms with Gasteiger partial charge in [0.25, 0.3) is 5.56 Å². The summed E-state index contributed by atoms with van der Waals surface area (Å²) in [5.74, 6) is 0.972. The Morgan fingerprint density at radius 2 is 1.88 bits per heavy atom. The molecule has 0 aromatic carbocycles. The van der Waals surface area contributed by atoms with Crippen molar-refractivity contribution >= 4 is 16.9 Å². The van der Waals surface area contributed by atoms with Crippen LogP contribution in [0.25, 0.3) is 11.0 Å². The molecule has 4 rings (SSSR count). The molecule has 0 saturated carbocycles. The Morgan fingerprint density at radius 3 is 2.69 bits per heavy atom. The molecule has 136 valence electrons. The van der Waals surface area contributed by atoms with Crippen LogP contribution in [0.4, 0.5) is 5.82 Å². The summed E-state index contributed by atoms with van der Waals surface area (Å²) in [6.07, 6.45) is 1.63.